The number of aryl methyl sites for hydroxylation is 1. The van der Waals surface area contributed by atoms with Crippen molar-refractivity contribution in [3.8, 4) is 22.5 Å². The number of hydrogen-bond donors (Lipinski definition) is 1. The predicted octanol–water partition coefficient (Wildman–Crippen LogP) is 7.47. The summed E-state index contributed by atoms with van der Waals surface area (Å²) in [5, 5.41) is 18.3. The summed E-state index contributed by atoms with van der Waals surface area (Å²) in [4.78, 5) is 2.05. The van der Waals surface area contributed by atoms with Gasteiger partial charge in [-0.3, -0.25) is 0 Å². The highest BCUT2D eigenvalue weighted by atomic mass is 16.3. The molecule has 0 aromatic heterocycles. The standard InChI is InChI=1S/C28H24N4O/c1-18-6-4-5-7-23(18)28-24-14-8-19(29)16-26(24)33-27-17-21(11-15-25(27)28)31-30-20-9-12-22(13-10-20)32(2)3/h4-17,29H,1-3H3. The molecule has 1 aliphatic heterocycles. The summed E-state index contributed by atoms with van der Waals surface area (Å²) in [6, 6.07) is 27.7. The molecule has 0 saturated carbocycles. The molecule has 5 nitrogen and oxygen atoms in total. The van der Waals surface area contributed by atoms with Crippen molar-refractivity contribution in [1.29, 1.82) is 5.41 Å². The zero-order valence-electron chi connectivity index (χ0n) is 18.8. The molecule has 1 aliphatic carbocycles. The predicted molar refractivity (Wildman–Crippen MR) is 134 cm³/mol. The Morgan fingerprint density at radius 1 is 0.758 bits per heavy atom. The normalized spacial score (nSPS) is 11.5. The Labute approximate surface area is 192 Å². The number of fused-ring (bicyclic) bond motifs is 2. The van der Waals surface area contributed by atoms with Gasteiger partial charge < -0.3 is 14.7 Å². The Morgan fingerprint density at radius 3 is 2.24 bits per heavy atom. The molecule has 33 heavy (non-hydrogen) atoms. The minimum atomic E-state index is 0.415. The van der Waals surface area contributed by atoms with E-state index in [1.807, 2.05) is 79.7 Å². The van der Waals surface area contributed by atoms with Crippen LogP contribution in [0.5, 0.6) is 0 Å². The van der Waals surface area contributed by atoms with Gasteiger partial charge in [-0.2, -0.15) is 10.2 Å². The van der Waals surface area contributed by atoms with Crippen molar-refractivity contribution in [1.82, 2.24) is 0 Å². The highest BCUT2D eigenvalue weighted by Crippen LogP contribution is 2.41. The van der Waals surface area contributed by atoms with Crippen LogP contribution in [-0.4, -0.2) is 14.1 Å². The van der Waals surface area contributed by atoms with Crippen LogP contribution in [0.3, 0.4) is 0 Å². The van der Waals surface area contributed by atoms with Crippen molar-refractivity contribution in [3.63, 3.8) is 0 Å². The van der Waals surface area contributed by atoms with E-state index in [4.69, 9.17) is 9.83 Å². The van der Waals surface area contributed by atoms with E-state index in [9.17, 15) is 0 Å². The van der Waals surface area contributed by atoms with E-state index in [1.54, 1.807) is 12.1 Å². The lowest BCUT2D eigenvalue weighted by atomic mass is 9.91. The van der Waals surface area contributed by atoms with Crippen LogP contribution in [0.2, 0.25) is 0 Å². The van der Waals surface area contributed by atoms with Crippen LogP contribution in [0.15, 0.2) is 99.6 Å². The number of nitrogens with zero attached hydrogens (tertiary/aromatic N) is 3. The van der Waals surface area contributed by atoms with E-state index < -0.39 is 0 Å². The van der Waals surface area contributed by atoms with Gasteiger partial charge in [0.1, 0.15) is 11.3 Å². The molecule has 3 aromatic carbocycles. The molecule has 1 N–H and O–H groups in total. The second kappa shape index (κ2) is 8.36. The Morgan fingerprint density at radius 2 is 1.48 bits per heavy atom. The van der Waals surface area contributed by atoms with Crippen LogP contribution in [0.25, 0.3) is 33.4 Å². The van der Waals surface area contributed by atoms with Crippen LogP contribution in [0.4, 0.5) is 17.1 Å². The molecule has 5 rings (SSSR count). The van der Waals surface area contributed by atoms with Crippen molar-refractivity contribution >= 4 is 28.0 Å². The minimum Gasteiger partial charge on any atom is -0.456 e. The highest BCUT2D eigenvalue weighted by Gasteiger charge is 2.18. The van der Waals surface area contributed by atoms with Gasteiger partial charge in [-0.25, -0.2) is 0 Å². The third-order valence-electron chi connectivity index (χ3n) is 5.77. The van der Waals surface area contributed by atoms with Crippen molar-refractivity contribution in [2.24, 2.45) is 10.2 Å². The average Bonchev–Trinajstić information content (AvgIpc) is 2.82. The summed E-state index contributed by atoms with van der Waals surface area (Å²) in [5.74, 6) is 0.682. The fourth-order valence-electron chi connectivity index (χ4n) is 4.02. The maximum atomic E-state index is 8.05. The topological polar surface area (TPSA) is 65.0 Å². The smallest absolute Gasteiger partial charge is 0.137 e. The number of nitrogens with one attached hydrogen (secondary N) is 1. The molecule has 3 aromatic rings. The highest BCUT2D eigenvalue weighted by molar-refractivity contribution is 6.03. The Balaban J connectivity index is 1.64. The zero-order valence-corrected chi connectivity index (χ0v) is 18.8. The molecule has 0 atom stereocenters. The first-order chi connectivity index (χ1) is 16.0. The van der Waals surface area contributed by atoms with Gasteiger partial charge in [0.05, 0.1) is 16.7 Å². The van der Waals surface area contributed by atoms with Gasteiger partial charge in [-0.05, 0) is 66.6 Å². The van der Waals surface area contributed by atoms with Gasteiger partial charge in [0.15, 0.2) is 0 Å². The summed E-state index contributed by atoms with van der Waals surface area (Å²) in [6.07, 6.45) is 0. The summed E-state index contributed by atoms with van der Waals surface area (Å²) < 4.78 is 6.24. The molecule has 0 amide bonds. The van der Waals surface area contributed by atoms with Gasteiger partial charge in [0.2, 0.25) is 0 Å². The number of azo groups is 1. The molecule has 2 aliphatic rings. The number of hydrogen-bond acceptors (Lipinski definition) is 5. The summed E-state index contributed by atoms with van der Waals surface area (Å²) >= 11 is 0. The lowest BCUT2D eigenvalue weighted by Crippen LogP contribution is -2.07. The molecule has 0 unspecified atom stereocenters. The number of benzene rings is 4. The SMILES string of the molecule is Cc1ccccc1-c1c2ccc(=N)cc-2oc2cc(N=Nc3ccc(N(C)C)cc3)ccc12. The average molecular weight is 433 g/mol. The summed E-state index contributed by atoms with van der Waals surface area (Å²) in [7, 11) is 4.02. The van der Waals surface area contributed by atoms with Crippen LogP contribution < -0.4 is 10.3 Å². The van der Waals surface area contributed by atoms with Gasteiger partial charge in [0, 0.05) is 48.4 Å². The van der Waals surface area contributed by atoms with E-state index in [0.29, 0.717) is 22.4 Å². The summed E-state index contributed by atoms with van der Waals surface area (Å²) in [6.45, 7) is 2.11. The monoisotopic (exact) mass is 432 g/mol. The molecule has 0 fully saturated rings. The van der Waals surface area contributed by atoms with Crippen molar-refractivity contribution in [2.75, 3.05) is 19.0 Å². The molecule has 162 valence electrons. The maximum Gasteiger partial charge on any atom is 0.137 e. The largest absolute Gasteiger partial charge is 0.456 e. The number of anilines is 1. The minimum absolute atomic E-state index is 0.415. The molecule has 1 heterocycles. The maximum absolute atomic E-state index is 8.05. The van der Waals surface area contributed by atoms with Crippen molar-refractivity contribution < 1.29 is 4.42 Å². The molecule has 0 bridgehead atoms. The first-order valence-electron chi connectivity index (χ1n) is 10.8. The van der Waals surface area contributed by atoms with Crippen molar-refractivity contribution in [3.05, 3.63) is 95.8 Å². The number of rotatable bonds is 4. The quantitative estimate of drug-likeness (QED) is 0.236. The first-order valence-corrected chi connectivity index (χ1v) is 10.8. The lowest BCUT2D eigenvalue weighted by Gasteiger charge is -2.16. The van der Waals surface area contributed by atoms with E-state index in [0.717, 1.165) is 33.5 Å². The fourth-order valence-corrected chi connectivity index (χ4v) is 4.02. The van der Waals surface area contributed by atoms with Crippen LogP contribution in [0.1, 0.15) is 5.56 Å². The Kier molecular flexibility index (Phi) is 5.23. The van der Waals surface area contributed by atoms with Crippen molar-refractivity contribution in [2.45, 2.75) is 6.92 Å². The van der Waals surface area contributed by atoms with E-state index in [2.05, 4.69) is 29.3 Å². The van der Waals surface area contributed by atoms with E-state index >= 15 is 0 Å². The fraction of sp³-hybridized carbons (Fsp3) is 0.107. The summed E-state index contributed by atoms with van der Waals surface area (Å²) in [5.41, 5.74) is 7.75. The Bertz CT molecular complexity index is 1510. The van der Waals surface area contributed by atoms with Crippen LogP contribution >= 0.6 is 0 Å². The van der Waals surface area contributed by atoms with Gasteiger partial charge >= 0.3 is 0 Å². The van der Waals surface area contributed by atoms with E-state index in [-0.39, 0.29) is 0 Å². The first kappa shape index (κ1) is 20.6. The second-order valence-electron chi connectivity index (χ2n) is 8.29. The Hall–Kier alpha value is -4.25. The van der Waals surface area contributed by atoms with Gasteiger partial charge in [-0.1, -0.05) is 24.3 Å². The molecular weight excluding hydrogens is 408 g/mol. The lowest BCUT2D eigenvalue weighted by molar-refractivity contribution is 0.619. The van der Waals surface area contributed by atoms with E-state index in [1.165, 1.54) is 5.56 Å². The molecule has 0 spiro atoms. The molecule has 0 saturated heterocycles. The molecule has 0 radical (unpaired) electrons. The second-order valence-corrected chi connectivity index (χ2v) is 8.29. The zero-order chi connectivity index (χ0) is 22.9. The van der Waals surface area contributed by atoms with Crippen LogP contribution in [0, 0.1) is 12.3 Å². The third-order valence-corrected chi connectivity index (χ3v) is 5.77. The van der Waals surface area contributed by atoms with Gasteiger partial charge in [-0.15, -0.1) is 0 Å². The molecule has 5 heteroatoms. The van der Waals surface area contributed by atoms with Crippen LogP contribution in [-0.2, 0) is 0 Å². The molecular formula is C28H24N4O. The third kappa shape index (κ3) is 4.01. The van der Waals surface area contributed by atoms with Gasteiger partial charge in [0.25, 0.3) is 0 Å².